The van der Waals surface area contributed by atoms with Gasteiger partial charge >= 0.3 is 6.03 Å². The fraction of sp³-hybridized carbons (Fsp3) is 0.600. The van der Waals surface area contributed by atoms with Gasteiger partial charge in [-0.25, -0.2) is 18.6 Å². The second-order valence-corrected chi connectivity index (χ2v) is 5.47. The van der Waals surface area contributed by atoms with Gasteiger partial charge in [0.05, 0.1) is 13.7 Å². The number of hydrogen-bond acceptors (Lipinski definition) is 4. The average Bonchev–Trinajstić information content (AvgIpc) is 2.72. The molecule has 2 heterocycles. The highest BCUT2D eigenvalue weighted by molar-refractivity contribution is 5.89. The molecule has 0 aromatic carbocycles. The summed E-state index contributed by atoms with van der Waals surface area (Å²) in [5, 5.41) is 2.74. The first-order valence-corrected chi connectivity index (χ1v) is 7.57. The SMILES string of the molecule is COc1ccc(C)nc1NC(=O)N1CCCN(CC(F)F)CC1. The lowest BCUT2D eigenvalue weighted by Crippen LogP contribution is -2.39. The summed E-state index contributed by atoms with van der Waals surface area (Å²) in [6.07, 6.45) is -1.69. The van der Waals surface area contributed by atoms with Gasteiger partial charge in [0.15, 0.2) is 11.6 Å². The third kappa shape index (κ3) is 5.02. The number of amides is 2. The van der Waals surface area contributed by atoms with Crippen molar-refractivity contribution in [2.24, 2.45) is 0 Å². The Kier molecular flexibility index (Phi) is 6.09. The van der Waals surface area contributed by atoms with Crippen molar-refractivity contribution < 1.29 is 18.3 Å². The number of anilines is 1. The van der Waals surface area contributed by atoms with Gasteiger partial charge in [-0.05, 0) is 25.5 Å². The molecule has 1 saturated heterocycles. The van der Waals surface area contributed by atoms with Crippen molar-refractivity contribution >= 4 is 11.8 Å². The number of ether oxygens (including phenoxy) is 1. The van der Waals surface area contributed by atoms with Crippen LogP contribution in [0, 0.1) is 6.92 Å². The van der Waals surface area contributed by atoms with Gasteiger partial charge < -0.3 is 9.64 Å². The molecule has 0 atom stereocenters. The Balaban J connectivity index is 1.97. The van der Waals surface area contributed by atoms with Gasteiger partial charge in [-0.2, -0.15) is 0 Å². The van der Waals surface area contributed by atoms with Crippen LogP contribution in [0.4, 0.5) is 19.4 Å². The highest BCUT2D eigenvalue weighted by Gasteiger charge is 2.22. The summed E-state index contributed by atoms with van der Waals surface area (Å²) in [6, 6.07) is 3.24. The minimum absolute atomic E-state index is 0.247. The van der Waals surface area contributed by atoms with E-state index in [0.717, 1.165) is 5.69 Å². The van der Waals surface area contributed by atoms with Crippen LogP contribution in [0.25, 0.3) is 0 Å². The van der Waals surface area contributed by atoms with Gasteiger partial charge in [-0.3, -0.25) is 10.2 Å². The van der Waals surface area contributed by atoms with Crippen LogP contribution in [0.5, 0.6) is 5.75 Å². The number of aryl methyl sites for hydroxylation is 1. The molecule has 0 aliphatic carbocycles. The molecule has 0 saturated carbocycles. The van der Waals surface area contributed by atoms with E-state index in [1.165, 1.54) is 7.11 Å². The molecule has 1 aromatic rings. The Morgan fingerprint density at radius 2 is 2.13 bits per heavy atom. The van der Waals surface area contributed by atoms with Gasteiger partial charge in [0, 0.05) is 31.9 Å². The summed E-state index contributed by atoms with van der Waals surface area (Å²) >= 11 is 0. The molecule has 2 rings (SSSR count). The minimum atomic E-state index is -2.35. The summed E-state index contributed by atoms with van der Waals surface area (Å²) < 4.78 is 30.1. The largest absolute Gasteiger partial charge is 0.493 e. The van der Waals surface area contributed by atoms with Crippen molar-refractivity contribution in [2.75, 3.05) is 45.2 Å². The Bertz CT molecular complexity index is 542. The standard InChI is InChI=1S/C15H22F2N4O2/c1-11-4-5-12(23-2)14(18-11)19-15(22)21-7-3-6-20(8-9-21)10-13(16)17/h4-5,13H,3,6-10H2,1-2H3,(H,18,19,22). The van der Waals surface area contributed by atoms with E-state index in [9.17, 15) is 13.6 Å². The van der Waals surface area contributed by atoms with E-state index in [2.05, 4.69) is 10.3 Å². The number of hydrogen-bond donors (Lipinski definition) is 1. The number of pyridine rings is 1. The fourth-order valence-electron chi connectivity index (χ4n) is 2.53. The number of urea groups is 1. The zero-order chi connectivity index (χ0) is 16.8. The first kappa shape index (κ1) is 17.4. The van der Waals surface area contributed by atoms with Crippen LogP contribution in [-0.2, 0) is 0 Å². The van der Waals surface area contributed by atoms with E-state index in [-0.39, 0.29) is 12.6 Å². The summed E-state index contributed by atoms with van der Waals surface area (Å²) in [4.78, 5) is 19.9. The van der Waals surface area contributed by atoms with Crippen molar-refractivity contribution in [3.05, 3.63) is 17.8 Å². The Morgan fingerprint density at radius 3 is 2.83 bits per heavy atom. The van der Waals surface area contributed by atoms with Gasteiger partial charge in [-0.1, -0.05) is 0 Å². The average molecular weight is 328 g/mol. The monoisotopic (exact) mass is 328 g/mol. The molecule has 0 bridgehead atoms. The first-order valence-electron chi connectivity index (χ1n) is 7.57. The van der Waals surface area contributed by atoms with Gasteiger partial charge in [0.25, 0.3) is 6.43 Å². The van der Waals surface area contributed by atoms with Crippen LogP contribution < -0.4 is 10.1 Å². The Labute approximate surface area is 134 Å². The van der Waals surface area contributed by atoms with E-state index < -0.39 is 6.43 Å². The van der Waals surface area contributed by atoms with Crippen LogP contribution in [0.1, 0.15) is 12.1 Å². The second-order valence-electron chi connectivity index (χ2n) is 5.47. The maximum Gasteiger partial charge on any atom is 0.323 e. The number of nitrogens with zero attached hydrogens (tertiary/aromatic N) is 3. The maximum absolute atomic E-state index is 12.5. The van der Waals surface area contributed by atoms with Gasteiger partial charge in [0.2, 0.25) is 0 Å². The van der Waals surface area contributed by atoms with Crippen LogP contribution in [0.2, 0.25) is 0 Å². The molecule has 8 heteroatoms. The molecule has 1 aliphatic rings. The molecule has 1 aromatic heterocycles. The number of aromatic nitrogens is 1. The van der Waals surface area contributed by atoms with Gasteiger partial charge in [-0.15, -0.1) is 0 Å². The summed E-state index contributed by atoms with van der Waals surface area (Å²) in [5.74, 6) is 0.851. The molecule has 0 spiro atoms. The minimum Gasteiger partial charge on any atom is -0.493 e. The van der Waals surface area contributed by atoms with E-state index in [1.807, 2.05) is 6.92 Å². The van der Waals surface area contributed by atoms with E-state index in [1.54, 1.807) is 21.9 Å². The third-order valence-corrected chi connectivity index (χ3v) is 3.71. The topological polar surface area (TPSA) is 57.7 Å². The van der Waals surface area contributed by atoms with Gasteiger partial charge in [0.1, 0.15) is 0 Å². The predicted molar refractivity (Wildman–Crippen MR) is 83.2 cm³/mol. The van der Waals surface area contributed by atoms with Crippen molar-refractivity contribution in [1.82, 2.24) is 14.8 Å². The quantitative estimate of drug-likeness (QED) is 0.921. The first-order chi connectivity index (χ1) is 11.0. The number of alkyl halides is 2. The second kappa shape index (κ2) is 8.05. The van der Waals surface area contributed by atoms with E-state index in [4.69, 9.17) is 4.74 Å². The van der Waals surface area contributed by atoms with Crippen LogP contribution >= 0.6 is 0 Å². The maximum atomic E-state index is 12.5. The normalized spacial score (nSPS) is 16.3. The zero-order valence-electron chi connectivity index (χ0n) is 13.4. The number of halogens is 2. The summed E-state index contributed by atoms with van der Waals surface area (Å²) in [6.45, 7) is 3.52. The van der Waals surface area contributed by atoms with Crippen LogP contribution in [-0.4, -0.2) is 67.1 Å². The lowest BCUT2D eigenvalue weighted by molar-refractivity contribution is 0.0905. The molecule has 23 heavy (non-hydrogen) atoms. The molecule has 1 aliphatic heterocycles. The van der Waals surface area contributed by atoms with Crippen molar-refractivity contribution in [2.45, 2.75) is 19.8 Å². The zero-order valence-corrected chi connectivity index (χ0v) is 13.4. The highest BCUT2D eigenvalue weighted by Crippen LogP contribution is 2.22. The molecule has 6 nitrogen and oxygen atoms in total. The number of carbonyl (C=O) groups excluding carboxylic acids is 1. The summed E-state index contributed by atoms with van der Waals surface area (Å²) in [7, 11) is 1.51. The van der Waals surface area contributed by atoms with Crippen molar-refractivity contribution in [1.29, 1.82) is 0 Å². The summed E-state index contributed by atoms with van der Waals surface area (Å²) in [5.41, 5.74) is 0.764. The van der Waals surface area contributed by atoms with E-state index in [0.29, 0.717) is 44.2 Å². The number of methoxy groups -OCH3 is 1. The third-order valence-electron chi connectivity index (χ3n) is 3.71. The molecule has 1 fully saturated rings. The predicted octanol–water partition coefficient (Wildman–Crippen LogP) is 2.20. The number of nitrogens with one attached hydrogen (secondary N) is 1. The lowest BCUT2D eigenvalue weighted by atomic mass is 10.3. The number of rotatable bonds is 4. The van der Waals surface area contributed by atoms with Crippen LogP contribution in [0.3, 0.4) is 0 Å². The van der Waals surface area contributed by atoms with E-state index >= 15 is 0 Å². The molecule has 0 radical (unpaired) electrons. The molecule has 0 unspecified atom stereocenters. The highest BCUT2D eigenvalue weighted by atomic mass is 19.3. The fourth-order valence-corrected chi connectivity index (χ4v) is 2.53. The Hall–Kier alpha value is -1.96. The number of carbonyl (C=O) groups is 1. The lowest BCUT2D eigenvalue weighted by Gasteiger charge is -2.22. The van der Waals surface area contributed by atoms with Crippen LogP contribution in [0.15, 0.2) is 12.1 Å². The molecular formula is C15H22F2N4O2. The Morgan fingerprint density at radius 1 is 1.35 bits per heavy atom. The van der Waals surface area contributed by atoms with Crippen molar-refractivity contribution in [3.8, 4) is 5.75 Å². The molecule has 2 amide bonds. The molecule has 128 valence electrons. The van der Waals surface area contributed by atoms with Crippen molar-refractivity contribution in [3.63, 3.8) is 0 Å². The molecular weight excluding hydrogens is 306 g/mol. The smallest absolute Gasteiger partial charge is 0.323 e. The molecule has 1 N–H and O–H groups in total.